The second kappa shape index (κ2) is 4.70. The molecule has 1 fully saturated rings. The van der Waals surface area contributed by atoms with Crippen LogP contribution < -0.4 is 0 Å². The predicted octanol–water partition coefficient (Wildman–Crippen LogP) is 2.39. The first-order chi connectivity index (χ1) is 7.72. The molecule has 17 heavy (non-hydrogen) atoms. The maximum atomic E-state index is 9.88. The molecule has 0 aliphatic heterocycles. The highest BCUT2D eigenvalue weighted by atomic mass is 16.3. The summed E-state index contributed by atoms with van der Waals surface area (Å²) in [6.45, 7) is 13.2. The van der Waals surface area contributed by atoms with Gasteiger partial charge in [0.1, 0.15) is 0 Å². The summed E-state index contributed by atoms with van der Waals surface area (Å²) in [5, 5.41) is 18.9. The van der Waals surface area contributed by atoms with Gasteiger partial charge in [0, 0.05) is 13.1 Å². The van der Waals surface area contributed by atoms with E-state index in [1.807, 2.05) is 13.8 Å². The van der Waals surface area contributed by atoms with Gasteiger partial charge < -0.3 is 10.0 Å². The van der Waals surface area contributed by atoms with Crippen LogP contribution in [0.3, 0.4) is 0 Å². The van der Waals surface area contributed by atoms with E-state index in [2.05, 4.69) is 26.6 Å². The molecule has 0 aromatic carbocycles. The van der Waals surface area contributed by atoms with Crippen LogP contribution in [0.15, 0.2) is 12.7 Å². The standard InChI is InChI=1S/C14H24N2O/c1-6-7-16(10-15)9-12-11(14(12,4)5)8-13(2,3)17/h6,11-12,17H,1,7-9H2,2-5H3/t11-,12+/m0/s1. The topological polar surface area (TPSA) is 47.3 Å². The van der Waals surface area contributed by atoms with Crippen molar-refractivity contribution < 1.29 is 5.11 Å². The minimum absolute atomic E-state index is 0.232. The van der Waals surface area contributed by atoms with Crippen molar-refractivity contribution in [2.75, 3.05) is 13.1 Å². The second-order valence-corrected chi connectivity index (χ2v) is 6.34. The lowest BCUT2D eigenvalue weighted by atomic mass is 9.97. The molecule has 96 valence electrons. The third-order valence-corrected chi connectivity index (χ3v) is 3.92. The molecule has 1 saturated carbocycles. The van der Waals surface area contributed by atoms with E-state index in [4.69, 9.17) is 5.26 Å². The highest BCUT2D eigenvalue weighted by Crippen LogP contribution is 2.61. The van der Waals surface area contributed by atoms with Gasteiger partial charge in [-0.1, -0.05) is 19.9 Å². The Morgan fingerprint density at radius 3 is 2.47 bits per heavy atom. The summed E-state index contributed by atoms with van der Waals surface area (Å²) in [7, 11) is 0. The minimum atomic E-state index is -0.618. The fourth-order valence-corrected chi connectivity index (χ4v) is 2.71. The molecule has 1 aliphatic rings. The smallest absolute Gasteiger partial charge is 0.179 e. The third kappa shape index (κ3) is 3.47. The van der Waals surface area contributed by atoms with Gasteiger partial charge >= 0.3 is 0 Å². The van der Waals surface area contributed by atoms with Gasteiger partial charge in [0.05, 0.1) is 5.60 Å². The van der Waals surface area contributed by atoms with Gasteiger partial charge in [-0.05, 0) is 37.5 Å². The van der Waals surface area contributed by atoms with Gasteiger partial charge in [0.2, 0.25) is 0 Å². The molecule has 0 unspecified atom stereocenters. The Kier molecular flexibility index (Phi) is 3.88. The molecule has 0 amide bonds. The first-order valence-electron chi connectivity index (χ1n) is 6.20. The molecule has 3 heteroatoms. The normalized spacial score (nSPS) is 26.1. The van der Waals surface area contributed by atoms with E-state index in [1.165, 1.54) is 0 Å². The van der Waals surface area contributed by atoms with Crippen molar-refractivity contribution in [1.82, 2.24) is 4.90 Å². The van der Waals surface area contributed by atoms with Crippen LogP contribution in [0.25, 0.3) is 0 Å². The van der Waals surface area contributed by atoms with Crippen molar-refractivity contribution in [3.63, 3.8) is 0 Å². The van der Waals surface area contributed by atoms with E-state index < -0.39 is 5.60 Å². The highest BCUT2D eigenvalue weighted by molar-refractivity contribution is 5.08. The summed E-state index contributed by atoms with van der Waals surface area (Å²) in [4.78, 5) is 1.74. The number of aliphatic hydroxyl groups is 1. The number of hydrogen-bond acceptors (Lipinski definition) is 3. The zero-order valence-electron chi connectivity index (χ0n) is 11.4. The Labute approximate surface area is 105 Å². The van der Waals surface area contributed by atoms with Crippen LogP contribution >= 0.6 is 0 Å². The van der Waals surface area contributed by atoms with Crippen LogP contribution in [-0.4, -0.2) is 28.7 Å². The molecule has 0 heterocycles. The molecule has 0 bridgehead atoms. The van der Waals surface area contributed by atoms with E-state index in [1.54, 1.807) is 11.0 Å². The molecule has 0 radical (unpaired) electrons. The quantitative estimate of drug-likeness (QED) is 0.437. The van der Waals surface area contributed by atoms with E-state index in [0.717, 1.165) is 13.0 Å². The van der Waals surface area contributed by atoms with Gasteiger partial charge in [-0.2, -0.15) is 5.26 Å². The largest absolute Gasteiger partial charge is 0.390 e. The Morgan fingerprint density at radius 1 is 1.47 bits per heavy atom. The molecule has 1 N–H and O–H groups in total. The number of rotatable bonds is 6. The molecular formula is C14H24N2O. The van der Waals surface area contributed by atoms with Gasteiger partial charge in [0.15, 0.2) is 6.19 Å². The molecule has 1 aliphatic carbocycles. The van der Waals surface area contributed by atoms with Crippen molar-refractivity contribution in [3.8, 4) is 6.19 Å². The zero-order chi connectivity index (χ0) is 13.3. The molecule has 0 saturated heterocycles. The highest BCUT2D eigenvalue weighted by Gasteiger charge is 2.58. The molecule has 0 spiro atoms. The number of nitrogens with zero attached hydrogens (tertiary/aromatic N) is 2. The second-order valence-electron chi connectivity index (χ2n) is 6.34. The summed E-state index contributed by atoms with van der Waals surface area (Å²) in [6.07, 6.45) is 4.75. The van der Waals surface area contributed by atoms with Gasteiger partial charge in [0.25, 0.3) is 0 Å². The van der Waals surface area contributed by atoms with Crippen molar-refractivity contribution in [3.05, 3.63) is 12.7 Å². The van der Waals surface area contributed by atoms with Gasteiger partial charge in [-0.3, -0.25) is 0 Å². The van der Waals surface area contributed by atoms with Crippen molar-refractivity contribution in [2.45, 2.75) is 39.7 Å². The predicted molar refractivity (Wildman–Crippen MR) is 69.1 cm³/mol. The Morgan fingerprint density at radius 2 is 2.06 bits per heavy atom. The summed E-state index contributed by atoms with van der Waals surface area (Å²) < 4.78 is 0. The summed E-state index contributed by atoms with van der Waals surface area (Å²) in [5.41, 5.74) is -0.386. The van der Waals surface area contributed by atoms with E-state index >= 15 is 0 Å². The monoisotopic (exact) mass is 236 g/mol. The average molecular weight is 236 g/mol. The lowest BCUT2D eigenvalue weighted by Gasteiger charge is -2.18. The maximum absolute atomic E-state index is 9.88. The fraction of sp³-hybridized carbons (Fsp3) is 0.786. The Hall–Kier alpha value is -1.01. The Balaban J connectivity index is 2.56. The van der Waals surface area contributed by atoms with Crippen LogP contribution in [0.1, 0.15) is 34.1 Å². The molecule has 2 atom stereocenters. The van der Waals surface area contributed by atoms with E-state index in [-0.39, 0.29) is 5.41 Å². The first kappa shape index (κ1) is 14.1. The Bertz CT molecular complexity index is 322. The fourth-order valence-electron chi connectivity index (χ4n) is 2.71. The lowest BCUT2D eigenvalue weighted by molar-refractivity contribution is 0.0600. The number of nitriles is 1. The van der Waals surface area contributed by atoms with Crippen LogP contribution in [0.4, 0.5) is 0 Å². The zero-order valence-corrected chi connectivity index (χ0v) is 11.4. The van der Waals surface area contributed by atoms with E-state index in [0.29, 0.717) is 18.4 Å². The average Bonchev–Trinajstić information content (AvgIpc) is 2.66. The summed E-state index contributed by atoms with van der Waals surface area (Å²) >= 11 is 0. The SMILES string of the molecule is C=CCN(C#N)C[C@@H]1[C@H](CC(C)(C)O)C1(C)C. The van der Waals surface area contributed by atoms with Crippen LogP contribution in [0.5, 0.6) is 0 Å². The maximum Gasteiger partial charge on any atom is 0.179 e. The van der Waals surface area contributed by atoms with Gasteiger partial charge in [-0.15, -0.1) is 6.58 Å². The van der Waals surface area contributed by atoms with Gasteiger partial charge in [-0.25, -0.2) is 0 Å². The van der Waals surface area contributed by atoms with E-state index in [9.17, 15) is 5.11 Å². The molecule has 0 aromatic heterocycles. The summed E-state index contributed by atoms with van der Waals surface area (Å²) in [6, 6.07) is 0. The molecule has 0 aromatic rings. The minimum Gasteiger partial charge on any atom is -0.390 e. The van der Waals surface area contributed by atoms with Crippen LogP contribution in [0.2, 0.25) is 0 Å². The van der Waals surface area contributed by atoms with Crippen LogP contribution in [0, 0.1) is 28.7 Å². The first-order valence-corrected chi connectivity index (χ1v) is 6.20. The van der Waals surface area contributed by atoms with Crippen LogP contribution in [-0.2, 0) is 0 Å². The third-order valence-electron chi connectivity index (χ3n) is 3.92. The molecular weight excluding hydrogens is 212 g/mol. The van der Waals surface area contributed by atoms with Crippen molar-refractivity contribution >= 4 is 0 Å². The van der Waals surface area contributed by atoms with Crippen molar-refractivity contribution in [1.29, 1.82) is 5.26 Å². The number of hydrogen-bond donors (Lipinski definition) is 1. The lowest BCUT2D eigenvalue weighted by Crippen LogP contribution is -2.23. The van der Waals surface area contributed by atoms with Crippen molar-refractivity contribution in [2.24, 2.45) is 17.3 Å². The molecule has 3 nitrogen and oxygen atoms in total. The summed E-state index contributed by atoms with van der Waals surface area (Å²) in [5.74, 6) is 0.997. The molecule has 1 rings (SSSR count).